The highest BCUT2D eigenvalue weighted by atomic mass is 16.6. The van der Waals surface area contributed by atoms with Crippen molar-refractivity contribution < 1.29 is 9.53 Å². The van der Waals surface area contributed by atoms with Gasteiger partial charge < -0.3 is 19.9 Å². The number of nitrogens with zero attached hydrogens (tertiary/aromatic N) is 2. The van der Waals surface area contributed by atoms with Gasteiger partial charge in [-0.15, -0.1) is 0 Å². The normalized spacial score (nSPS) is 10.3. The molecule has 100 valence electrons. The number of hydrogen-bond acceptors (Lipinski definition) is 4. The van der Waals surface area contributed by atoms with Crippen molar-refractivity contribution in [1.82, 2.24) is 10.2 Å². The summed E-state index contributed by atoms with van der Waals surface area (Å²) < 4.78 is 5.28. The lowest BCUT2D eigenvalue weighted by molar-refractivity contribution is 0.202. The maximum absolute atomic E-state index is 11.3. The molecule has 0 aromatic heterocycles. The minimum Gasteiger partial charge on any atom is -0.410 e. The predicted molar refractivity (Wildman–Crippen MR) is 73.2 cm³/mol. The molecule has 0 aliphatic heterocycles. The summed E-state index contributed by atoms with van der Waals surface area (Å²) >= 11 is 0. The molecular formula is C13H21N3O2. The first kappa shape index (κ1) is 14.3. The highest BCUT2D eigenvalue weighted by Crippen LogP contribution is 2.29. The van der Waals surface area contributed by atoms with Crippen LogP contribution < -0.4 is 15.0 Å². The Labute approximate surface area is 108 Å². The van der Waals surface area contributed by atoms with Gasteiger partial charge in [0.1, 0.15) is 5.75 Å². The van der Waals surface area contributed by atoms with E-state index in [1.54, 1.807) is 13.1 Å². The summed E-state index contributed by atoms with van der Waals surface area (Å²) in [5, 5.41) is 2.45. The minimum atomic E-state index is -0.453. The smallest absolute Gasteiger partial charge is 0.410 e. The summed E-state index contributed by atoms with van der Waals surface area (Å²) in [6.45, 7) is 0.709. The average Bonchev–Trinajstić information content (AvgIpc) is 2.30. The molecule has 0 atom stereocenters. The molecule has 1 aromatic carbocycles. The van der Waals surface area contributed by atoms with E-state index < -0.39 is 6.09 Å². The van der Waals surface area contributed by atoms with Crippen LogP contribution in [0, 0.1) is 0 Å². The van der Waals surface area contributed by atoms with E-state index in [1.165, 1.54) is 0 Å². The van der Waals surface area contributed by atoms with E-state index in [1.807, 2.05) is 50.1 Å². The molecule has 0 bridgehead atoms. The first-order valence-electron chi connectivity index (χ1n) is 5.79. The van der Waals surface area contributed by atoms with E-state index in [2.05, 4.69) is 5.32 Å². The third-order valence-electron chi connectivity index (χ3n) is 2.47. The Kier molecular flexibility index (Phi) is 4.97. The zero-order chi connectivity index (χ0) is 13.7. The summed E-state index contributed by atoms with van der Waals surface area (Å²) in [5.74, 6) is 0.592. The number of carbonyl (C=O) groups is 1. The van der Waals surface area contributed by atoms with Crippen LogP contribution in [-0.4, -0.2) is 46.2 Å². The molecule has 0 unspecified atom stereocenters. The molecule has 0 saturated heterocycles. The van der Waals surface area contributed by atoms with Gasteiger partial charge in [-0.25, -0.2) is 4.79 Å². The highest BCUT2D eigenvalue weighted by molar-refractivity contribution is 5.72. The Bertz CT molecular complexity index is 417. The van der Waals surface area contributed by atoms with Gasteiger partial charge >= 0.3 is 6.09 Å². The number of amides is 1. The fraction of sp³-hybridized carbons (Fsp3) is 0.462. The molecule has 0 radical (unpaired) electrons. The van der Waals surface area contributed by atoms with Crippen LogP contribution in [0.4, 0.5) is 10.5 Å². The average molecular weight is 251 g/mol. The molecule has 5 nitrogen and oxygen atoms in total. The van der Waals surface area contributed by atoms with Crippen LogP contribution in [0.15, 0.2) is 18.2 Å². The molecule has 0 fully saturated rings. The quantitative estimate of drug-likeness (QED) is 0.881. The molecular weight excluding hydrogens is 230 g/mol. The largest absolute Gasteiger partial charge is 0.412 e. The molecule has 0 spiro atoms. The van der Waals surface area contributed by atoms with Crippen LogP contribution in [0.25, 0.3) is 0 Å². The van der Waals surface area contributed by atoms with Crippen LogP contribution >= 0.6 is 0 Å². The monoisotopic (exact) mass is 251 g/mol. The van der Waals surface area contributed by atoms with Crippen molar-refractivity contribution in [2.45, 2.75) is 6.54 Å². The van der Waals surface area contributed by atoms with Gasteiger partial charge in [-0.05, 0) is 26.2 Å². The van der Waals surface area contributed by atoms with Gasteiger partial charge in [0, 0.05) is 38.9 Å². The number of nitrogens with one attached hydrogen (secondary N) is 1. The van der Waals surface area contributed by atoms with Crippen LogP contribution in [0.3, 0.4) is 0 Å². The van der Waals surface area contributed by atoms with Crippen molar-refractivity contribution in [3.8, 4) is 5.75 Å². The first-order valence-corrected chi connectivity index (χ1v) is 5.79. The Morgan fingerprint density at radius 3 is 2.44 bits per heavy atom. The van der Waals surface area contributed by atoms with Gasteiger partial charge in [-0.2, -0.15) is 0 Å². The van der Waals surface area contributed by atoms with Crippen molar-refractivity contribution in [3.63, 3.8) is 0 Å². The molecule has 1 aromatic rings. The lowest BCUT2D eigenvalue weighted by Crippen LogP contribution is -2.24. The fourth-order valence-electron chi connectivity index (χ4n) is 1.69. The first-order chi connectivity index (χ1) is 8.45. The van der Waals surface area contributed by atoms with Crippen molar-refractivity contribution in [3.05, 3.63) is 23.8 Å². The number of rotatable bonds is 4. The number of benzene rings is 1. The summed E-state index contributed by atoms with van der Waals surface area (Å²) in [4.78, 5) is 15.4. The van der Waals surface area contributed by atoms with E-state index in [4.69, 9.17) is 4.74 Å². The van der Waals surface area contributed by atoms with E-state index in [-0.39, 0.29) is 0 Å². The predicted octanol–water partition coefficient (Wildman–Crippen LogP) is 1.53. The van der Waals surface area contributed by atoms with E-state index in [9.17, 15) is 4.79 Å². The molecule has 5 heteroatoms. The van der Waals surface area contributed by atoms with Gasteiger partial charge in [0.05, 0.1) is 0 Å². The molecule has 0 aliphatic carbocycles. The molecule has 1 rings (SSSR count). The molecule has 0 saturated carbocycles. The van der Waals surface area contributed by atoms with E-state index >= 15 is 0 Å². The van der Waals surface area contributed by atoms with Gasteiger partial charge in [-0.3, -0.25) is 0 Å². The standard InChI is InChI=1S/C13H21N3O2/c1-14-13(17)18-12-8-6-7-11(16(4)5)10(12)9-15(2)3/h6-8H,9H2,1-5H3,(H,14,17). The lowest BCUT2D eigenvalue weighted by atomic mass is 10.1. The Hall–Kier alpha value is -1.75. The summed E-state index contributed by atoms with van der Waals surface area (Å²) in [6, 6.07) is 5.70. The second-order valence-electron chi connectivity index (χ2n) is 4.53. The molecule has 1 N–H and O–H groups in total. The molecule has 0 aliphatic rings. The van der Waals surface area contributed by atoms with Crippen molar-refractivity contribution in [2.75, 3.05) is 40.1 Å². The maximum atomic E-state index is 11.3. The lowest BCUT2D eigenvalue weighted by Gasteiger charge is -2.22. The number of hydrogen-bond donors (Lipinski definition) is 1. The molecule has 1 amide bonds. The maximum Gasteiger partial charge on any atom is 0.412 e. The molecule has 18 heavy (non-hydrogen) atoms. The number of anilines is 1. The summed E-state index contributed by atoms with van der Waals surface area (Å²) in [5.41, 5.74) is 2.04. The number of carbonyl (C=O) groups excluding carboxylic acids is 1. The van der Waals surface area contributed by atoms with Gasteiger partial charge in [0.2, 0.25) is 0 Å². The fourth-order valence-corrected chi connectivity index (χ4v) is 1.69. The second kappa shape index (κ2) is 6.26. The third-order valence-corrected chi connectivity index (χ3v) is 2.47. The minimum absolute atomic E-state index is 0.453. The summed E-state index contributed by atoms with van der Waals surface area (Å²) in [6.07, 6.45) is -0.453. The number of ether oxygens (including phenoxy) is 1. The topological polar surface area (TPSA) is 44.8 Å². The Morgan fingerprint density at radius 1 is 1.28 bits per heavy atom. The van der Waals surface area contributed by atoms with Crippen molar-refractivity contribution in [1.29, 1.82) is 0 Å². The van der Waals surface area contributed by atoms with Gasteiger partial charge in [0.15, 0.2) is 0 Å². The zero-order valence-corrected chi connectivity index (χ0v) is 11.7. The Balaban J connectivity index is 3.14. The van der Waals surface area contributed by atoms with Gasteiger partial charge in [0.25, 0.3) is 0 Å². The molecule has 0 heterocycles. The van der Waals surface area contributed by atoms with E-state index in [0.29, 0.717) is 12.3 Å². The van der Waals surface area contributed by atoms with Crippen molar-refractivity contribution >= 4 is 11.8 Å². The third kappa shape index (κ3) is 3.63. The van der Waals surface area contributed by atoms with Crippen LogP contribution in [0.5, 0.6) is 5.75 Å². The summed E-state index contributed by atoms with van der Waals surface area (Å²) in [7, 11) is 9.45. The second-order valence-corrected chi connectivity index (χ2v) is 4.53. The van der Waals surface area contributed by atoms with Crippen LogP contribution in [0.2, 0.25) is 0 Å². The zero-order valence-electron chi connectivity index (χ0n) is 11.7. The Morgan fingerprint density at radius 2 is 1.94 bits per heavy atom. The van der Waals surface area contributed by atoms with Crippen LogP contribution in [0.1, 0.15) is 5.56 Å². The van der Waals surface area contributed by atoms with Crippen molar-refractivity contribution in [2.24, 2.45) is 0 Å². The highest BCUT2D eigenvalue weighted by Gasteiger charge is 2.14. The van der Waals surface area contributed by atoms with E-state index in [0.717, 1.165) is 11.3 Å². The SMILES string of the molecule is CNC(=O)Oc1cccc(N(C)C)c1CN(C)C. The van der Waals surface area contributed by atoms with Gasteiger partial charge in [-0.1, -0.05) is 6.07 Å². The van der Waals surface area contributed by atoms with Crippen LogP contribution in [-0.2, 0) is 6.54 Å².